The van der Waals surface area contributed by atoms with E-state index in [-0.39, 0.29) is 19.2 Å². The summed E-state index contributed by atoms with van der Waals surface area (Å²) in [5, 5.41) is 11.9. The number of carboxylic acid groups (broad SMARTS) is 1. The van der Waals surface area contributed by atoms with E-state index in [1.165, 1.54) is 4.90 Å². The Kier molecular flexibility index (Phi) is 5.19. The number of amides is 2. The summed E-state index contributed by atoms with van der Waals surface area (Å²) in [5.41, 5.74) is 0. The number of ether oxygens (including phenoxy) is 2. The van der Waals surface area contributed by atoms with E-state index in [1.807, 2.05) is 0 Å². The zero-order valence-corrected chi connectivity index (χ0v) is 11.7. The summed E-state index contributed by atoms with van der Waals surface area (Å²) in [6.07, 6.45) is 2.07. The van der Waals surface area contributed by atoms with E-state index in [1.54, 1.807) is 7.05 Å². The van der Waals surface area contributed by atoms with Crippen LogP contribution in [0.25, 0.3) is 0 Å². The number of likely N-dealkylation sites (N-methyl/N-ethyl adjacent to an activating group) is 1. The normalized spacial score (nSPS) is 29.9. The molecule has 7 heteroatoms. The summed E-state index contributed by atoms with van der Waals surface area (Å²) in [5.74, 6) is -1.23. The molecule has 0 aromatic rings. The van der Waals surface area contributed by atoms with Gasteiger partial charge in [-0.3, -0.25) is 4.79 Å². The average molecular weight is 286 g/mol. The fraction of sp³-hybridized carbons (Fsp3) is 0.846. The van der Waals surface area contributed by atoms with Crippen LogP contribution in [0.1, 0.15) is 12.8 Å². The van der Waals surface area contributed by atoms with E-state index in [0.29, 0.717) is 19.1 Å². The minimum atomic E-state index is -0.923. The molecule has 0 aliphatic carbocycles. The van der Waals surface area contributed by atoms with Crippen LogP contribution in [-0.4, -0.2) is 68.1 Å². The lowest BCUT2D eigenvalue weighted by molar-refractivity contribution is -0.142. The Morgan fingerprint density at radius 3 is 2.75 bits per heavy atom. The molecule has 2 aliphatic heterocycles. The molecule has 0 spiro atoms. The highest BCUT2D eigenvalue weighted by Gasteiger charge is 2.38. The van der Waals surface area contributed by atoms with E-state index in [2.05, 4.69) is 5.32 Å². The molecule has 2 aliphatic rings. The van der Waals surface area contributed by atoms with Gasteiger partial charge in [0.15, 0.2) is 0 Å². The molecule has 0 aromatic heterocycles. The van der Waals surface area contributed by atoms with E-state index in [4.69, 9.17) is 14.6 Å². The molecule has 2 heterocycles. The number of nitrogens with one attached hydrogen (secondary N) is 1. The number of urea groups is 1. The molecule has 7 nitrogen and oxygen atoms in total. The molecule has 0 aromatic carbocycles. The Morgan fingerprint density at radius 2 is 2.10 bits per heavy atom. The Balaban J connectivity index is 1.80. The number of carbonyl (C=O) groups excluding carboxylic acids is 1. The van der Waals surface area contributed by atoms with Gasteiger partial charge in [-0.25, -0.2) is 4.79 Å². The fourth-order valence-electron chi connectivity index (χ4n) is 2.64. The topological polar surface area (TPSA) is 88.1 Å². The first-order valence-electron chi connectivity index (χ1n) is 6.98. The second-order valence-corrected chi connectivity index (χ2v) is 5.43. The van der Waals surface area contributed by atoms with Crippen molar-refractivity contribution < 1.29 is 24.2 Å². The van der Waals surface area contributed by atoms with Gasteiger partial charge < -0.3 is 24.8 Å². The molecule has 2 fully saturated rings. The highest BCUT2D eigenvalue weighted by molar-refractivity contribution is 5.77. The molecule has 0 radical (unpaired) electrons. The predicted molar refractivity (Wildman–Crippen MR) is 70.4 cm³/mol. The van der Waals surface area contributed by atoms with Crippen LogP contribution in [0.4, 0.5) is 4.79 Å². The van der Waals surface area contributed by atoms with Crippen LogP contribution in [0.15, 0.2) is 0 Å². The van der Waals surface area contributed by atoms with Crippen LogP contribution in [-0.2, 0) is 14.3 Å². The van der Waals surface area contributed by atoms with Crippen molar-refractivity contribution in [1.82, 2.24) is 10.2 Å². The van der Waals surface area contributed by atoms with Gasteiger partial charge in [-0.2, -0.15) is 0 Å². The van der Waals surface area contributed by atoms with Gasteiger partial charge in [0, 0.05) is 20.2 Å². The van der Waals surface area contributed by atoms with E-state index < -0.39 is 17.9 Å². The van der Waals surface area contributed by atoms with Gasteiger partial charge in [0.05, 0.1) is 25.9 Å². The first-order valence-corrected chi connectivity index (χ1v) is 6.98. The molecule has 0 saturated carbocycles. The molecule has 2 amide bonds. The Bertz CT molecular complexity index is 357. The van der Waals surface area contributed by atoms with Gasteiger partial charge in [-0.05, 0) is 18.8 Å². The minimum Gasteiger partial charge on any atom is -0.481 e. The van der Waals surface area contributed by atoms with Gasteiger partial charge in [0.25, 0.3) is 0 Å². The summed E-state index contributed by atoms with van der Waals surface area (Å²) in [7, 11) is 1.61. The highest BCUT2D eigenvalue weighted by Crippen LogP contribution is 2.19. The van der Waals surface area contributed by atoms with Crippen LogP contribution in [0.2, 0.25) is 0 Å². The summed E-state index contributed by atoms with van der Waals surface area (Å²) >= 11 is 0. The predicted octanol–water partition coefficient (Wildman–Crippen LogP) is 0.154. The molecular weight excluding hydrogens is 264 g/mol. The molecule has 2 saturated heterocycles. The first-order chi connectivity index (χ1) is 9.59. The van der Waals surface area contributed by atoms with Crippen LogP contribution >= 0.6 is 0 Å². The van der Waals surface area contributed by atoms with Crippen LogP contribution in [0.5, 0.6) is 0 Å². The molecule has 20 heavy (non-hydrogen) atoms. The molecule has 2 rings (SSSR count). The zero-order chi connectivity index (χ0) is 14.5. The zero-order valence-electron chi connectivity index (χ0n) is 11.7. The summed E-state index contributed by atoms with van der Waals surface area (Å²) in [4.78, 5) is 24.6. The maximum atomic E-state index is 12.1. The van der Waals surface area contributed by atoms with Crippen molar-refractivity contribution in [2.75, 3.05) is 40.0 Å². The monoisotopic (exact) mass is 286 g/mol. The van der Waals surface area contributed by atoms with Gasteiger partial charge in [-0.15, -0.1) is 0 Å². The number of aliphatic carboxylic acids is 1. The largest absolute Gasteiger partial charge is 0.481 e. The number of hydrogen-bond donors (Lipinski definition) is 2. The highest BCUT2D eigenvalue weighted by atomic mass is 16.5. The molecule has 114 valence electrons. The lowest BCUT2D eigenvalue weighted by atomic mass is 10.0. The standard InChI is InChI=1S/C13H22N2O5/c1-15(11-8-20-7-10(11)12(16)17)13(18)14-5-9-3-2-4-19-6-9/h9-11H,2-8H2,1H3,(H,14,18)(H,16,17). The second kappa shape index (κ2) is 6.90. The van der Waals surface area contributed by atoms with Crippen molar-refractivity contribution in [3.63, 3.8) is 0 Å². The van der Waals surface area contributed by atoms with Crippen molar-refractivity contribution in [3.8, 4) is 0 Å². The number of nitrogens with zero attached hydrogens (tertiary/aromatic N) is 1. The van der Waals surface area contributed by atoms with Crippen molar-refractivity contribution in [3.05, 3.63) is 0 Å². The lowest BCUT2D eigenvalue weighted by Gasteiger charge is -2.28. The average Bonchev–Trinajstić information content (AvgIpc) is 2.94. The third kappa shape index (κ3) is 3.61. The summed E-state index contributed by atoms with van der Waals surface area (Å²) in [6, 6.07) is -0.660. The van der Waals surface area contributed by atoms with Gasteiger partial charge in [0.2, 0.25) is 0 Å². The molecule has 3 atom stereocenters. The van der Waals surface area contributed by atoms with Gasteiger partial charge in [0.1, 0.15) is 5.92 Å². The number of carbonyl (C=O) groups is 2. The Hall–Kier alpha value is -1.34. The summed E-state index contributed by atoms with van der Waals surface area (Å²) in [6.45, 7) is 2.47. The maximum Gasteiger partial charge on any atom is 0.317 e. The number of carboxylic acids is 1. The summed E-state index contributed by atoms with van der Waals surface area (Å²) < 4.78 is 10.5. The fourth-order valence-corrected chi connectivity index (χ4v) is 2.64. The molecule has 0 bridgehead atoms. The van der Waals surface area contributed by atoms with Crippen molar-refractivity contribution in [2.24, 2.45) is 11.8 Å². The van der Waals surface area contributed by atoms with Crippen LogP contribution < -0.4 is 5.32 Å². The second-order valence-electron chi connectivity index (χ2n) is 5.43. The van der Waals surface area contributed by atoms with Crippen LogP contribution in [0.3, 0.4) is 0 Å². The third-order valence-corrected chi connectivity index (χ3v) is 3.98. The van der Waals surface area contributed by atoms with Crippen molar-refractivity contribution in [1.29, 1.82) is 0 Å². The Labute approximate surface area is 118 Å². The SMILES string of the molecule is CN(C(=O)NCC1CCCOC1)C1COCC1C(=O)O. The maximum absolute atomic E-state index is 12.1. The smallest absolute Gasteiger partial charge is 0.317 e. The molecular formula is C13H22N2O5. The van der Waals surface area contributed by atoms with Crippen molar-refractivity contribution >= 4 is 12.0 Å². The lowest BCUT2D eigenvalue weighted by Crippen LogP contribution is -2.49. The van der Waals surface area contributed by atoms with Crippen molar-refractivity contribution in [2.45, 2.75) is 18.9 Å². The first kappa shape index (κ1) is 15.1. The number of hydrogen-bond acceptors (Lipinski definition) is 4. The van der Waals surface area contributed by atoms with Gasteiger partial charge >= 0.3 is 12.0 Å². The van der Waals surface area contributed by atoms with E-state index >= 15 is 0 Å². The van der Waals surface area contributed by atoms with E-state index in [0.717, 1.165) is 19.4 Å². The van der Waals surface area contributed by atoms with Gasteiger partial charge in [-0.1, -0.05) is 0 Å². The quantitative estimate of drug-likeness (QED) is 0.768. The number of rotatable bonds is 4. The minimum absolute atomic E-state index is 0.161. The third-order valence-electron chi connectivity index (χ3n) is 3.98. The molecule has 2 N–H and O–H groups in total. The van der Waals surface area contributed by atoms with Crippen LogP contribution in [0, 0.1) is 11.8 Å². The van der Waals surface area contributed by atoms with E-state index in [9.17, 15) is 9.59 Å². The molecule has 3 unspecified atom stereocenters. The Morgan fingerprint density at radius 1 is 1.30 bits per heavy atom.